The van der Waals surface area contributed by atoms with Crippen LogP contribution in [0.3, 0.4) is 0 Å². The van der Waals surface area contributed by atoms with Crippen LogP contribution in [0.2, 0.25) is 0 Å². The molecule has 0 saturated heterocycles. The molecule has 0 aliphatic heterocycles. The van der Waals surface area contributed by atoms with Gasteiger partial charge >= 0.3 is 5.97 Å². The summed E-state index contributed by atoms with van der Waals surface area (Å²) in [7, 11) is 1.19. The SMILES string of the molecule is COC(=O)C(C)(C)C(=O)NC(C=O)c1csc(N)n1. The van der Waals surface area contributed by atoms with Gasteiger partial charge in [-0.25, -0.2) is 4.98 Å². The van der Waals surface area contributed by atoms with E-state index in [0.29, 0.717) is 17.1 Å². The number of esters is 1. The number of ether oxygens (including phenoxy) is 1. The topological polar surface area (TPSA) is 111 Å². The fourth-order valence-electron chi connectivity index (χ4n) is 1.29. The molecule has 3 N–H and O–H groups in total. The number of anilines is 1. The van der Waals surface area contributed by atoms with E-state index >= 15 is 0 Å². The summed E-state index contributed by atoms with van der Waals surface area (Å²) in [5, 5.41) is 4.30. The van der Waals surface area contributed by atoms with E-state index in [1.807, 2.05) is 0 Å². The lowest BCUT2D eigenvalue weighted by molar-refractivity contribution is -0.157. The van der Waals surface area contributed by atoms with E-state index in [2.05, 4.69) is 15.0 Å². The molecule has 1 rings (SSSR count). The van der Waals surface area contributed by atoms with E-state index in [9.17, 15) is 14.4 Å². The summed E-state index contributed by atoms with van der Waals surface area (Å²) in [6.45, 7) is 2.82. The van der Waals surface area contributed by atoms with Crippen LogP contribution in [-0.2, 0) is 19.1 Å². The highest BCUT2D eigenvalue weighted by Crippen LogP contribution is 2.21. The monoisotopic (exact) mass is 285 g/mol. The molecule has 1 unspecified atom stereocenters. The van der Waals surface area contributed by atoms with Crippen molar-refractivity contribution >= 4 is 34.6 Å². The minimum Gasteiger partial charge on any atom is -0.468 e. The van der Waals surface area contributed by atoms with Crippen LogP contribution in [-0.4, -0.2) is 30.3 Å². The Morgan fingerprint density at radius 1 is 1.58 bits per heavy atom. The molecule has 0 aliphatic rings. The highest BCUT2D eigenvalue weighted by atomic mass is 32.1. The van der Waals surface area contributed by atoms with Gasteiger partial charge in [0.15, 0.2) is 5.13 Å². The van der Waals surface area contributed by atoms with Crippen LogP contribution in [0.5, 0.6) is 0 Å². The number of aromatic nitrogens is 1. The van der Waals surface area contributed by atoms with Gasteiger partial charge in [-0.15, -0.1) is 11.3 Å². The third kappa shape index (κ3) is 3.28. The second kappa shape index (κ2) is 5.79. The quantitative estimate of drug-likeness (QED) is 0.456. The normalized spacial score (nSPS) is 12.6. The third-order valence-corrected chi connectivity index (χ3v) is 3.24. The number of hydrogen-bond donors (Lipinski definition) is 2. The number of nitrogens with zero attached hydrogens (tertiary/aromatic N) is 1. The maximum Gasteiger partial charge on any atom is 0.320 e. The van der Waals surface area contributed by atoms with Gasteiger partial charge in [-0.3, -0.25) is 9.59 Å². The Kier molecular flexibility index (Phi) is 4.60. The van der Waals surface area contributed by atoms with Gasteiger partial charge < -0.3 is 20.6 Å². The largest absolute Gasteiger partial charge is 0.468 e. The van der Waals surface area contributed by atoms with E-state index in [-0.39, 0.29) is 0 Å². The van der Waals surface area contributed by atoms with Crippen molar-refractivity contribution in [3.05, 3.63) is 11.1 Å². The molecule has 0 saturated carbocycles. The molecular weight excluding hydrogens is 270 g/mol. The molecule has 1 heterocycles. The Hall–Kier alpha value is -1.96. The smallest absolute Gasteiger partial charge is 0.320 e. The van der Waals surface area contributed by atoms with Gasteiger partial charge in [-0.05, 0) is 13.8 Å². The van der Waals surface area contributed by atoms with Crippen molar-refractivity contribution in [2.24, 2.45) is 5.41 Å². The number of nitrogens with two attached hydrogens (primary N) is 1. The second-order valence-electron chi connectivity index (χ2n) is 4.31. The summed E-state index contributed by atoms with van der Waals surface area (Å²) in [5.41, 5.74) is 4.41. The Bertz CT molecular complexity index is 498. The highest BCUT2D eigenvalue weighted by molar-refractivity contribution is 7.13. The fourth-order valence-corrected chi connectivity index (χ4v) is 1.89. The number of nitrogens with one attached hydrogen (secondary N) is 1. The fraction of sp³-hybridized carbons (Fsp3) is 0.455. The first-order valence-electron chi connectivity index (χ1n) is 5.38. The predicted octanol–water partition coefficient (Wildman–Crippen LogP) is 0.281. The van der Waals surface area contributed by atoms with Crippen molar-refractivity contribution in [1.29, 1.82) is 0 Å². The number of aldehydes is 1. The predicted molar refractivity (Wildman–Crippen MR) is 69.3 cm³/mol. The van der Waals surface area contributed by atoms with Crippen molar-refractivity contribution in [1.82, 2.24) is 10.3 Å². The second-order valence-corrected chi connectivity index (χ2v) is 5.20. The lowest BCUT2D eigenvalue weighted by Gasteiger charge is -2.22. The Balaban J connectivity index is 2.85. The molecule has 0 radical (unpaired) electrons. The molecule has 0 bridgehead atoms. The van der Waals surface area contributed by atoms with Crippen molar-refractivity contribution in [2.45, 2.75) is 19.9 Å². The van der Waals surface area contributed by atoms with Crippen LogP contribution >= 0.6 is 11.3 Å². The molecular formula is C11H15N3O4S. The van der Waals surface area contributed by atoms with Crippen molar-refractivity contribution in [3.8, 4) is 0 Å². The van der Waals surface area contributed by atoms with E-state index in [1.54, 1.807) is 5.38 Å². The number of methoxy groups -OCH3 is 1. The summed E-state index contributed by atoms with van der Waals surface area (Å²) < 4.78 is 4.54. The number of carbonyl (C=O) groups excluding carboxylic acids is 3. The zero-order valence-corrected chi connectivity index (χ0v) is 11.6. The van der Waals surface area contributed by atoms with Crippen molar-refractivity contribution in [3.63, 3.8) is 0 Å². The van der Waals surface area contributed by atoms with Gasteiger partial charge in [0, 0.05) is 5.38 Å². The molecule has 104 valence electrons. The number of carbonyl (C=O) groups is 3. The molecule has 0 aromatic carbocycles. The summed E-state index contributed by atoms with van der Waals surface area (Å²) in [4.78, 5) is 38.4. The van der Waals surface area contributed by atoms with Crippen LogP contribution in [0.25, 0.3) is 0 Å². The molecule has 1 amide bonds. The lowest BCUT2D eigenvalue weighted by atomic mass is 9.92. The van der Waals surface area contributed by atoms with E-state index in [1.165, 1.54) is 21.0 Å². The summed E-state index contributed by atoms with van der Waals surface area (Å²) in [6, 6.07) is -0.940. The molecule has 7 nitrogen and oxygen atoms in total. The number of rotatable bonds is 5. The first-order chi connectivity index (χ1) is 8.82. The average Bonchev–Trinajstić information content (AvgIpc) is 2.80. The average molecular weight is 285 g/mol. The zero-order valence-electron chi connectivity index (χ0n) is 10.8. The molecule has 1 atom stereocenters. The van der Waals surface area contributed by atoms with Crippen LogP contribution in [0, 0.1) is 5.41 Å². The summed E-state index contributed by atoms with van der Waals surface area (Å²) in [5.74, 6) is -1.31. The molecule has 0 spiro atoms. The third-order valence-electron chi connectivity index (χ3n) is 2.54. The molecule has 1 aromatic heterocycles. The van der Waals surface area contributed by atoms with Gasteiger partial charge in [0.25, 0.3) is 0 Å². The molecule has 1 aromatic rings. The van der Waals surface area contributed by atoms with Crippen LogP contribution in [0.15, 0.2) is 5.38 Å². The number of nitrogen functional groups attached to an aromatic ring is 1. The van der Waals surface area contributed by atoms with E-state index in [0.717, 1.165) is 11.3 Å². The van der Waals surface area contributed by atoms with Crippen LogP contribution in [0.1, 0.15) is 25.6 Å². The number of hydrogen-bond acceptors (Lipinski definition) is 7. The highest BCUT2D eigenvalue weighted by Gasteiger charge is 2.38. The zero-order chi connectivity index (χ0) is 14.6. The minimum absolute atomic E-state index is 0.295. The first kappa shape index (κ1) is 15.1. The minimum atomic E-state index is -1.39. The maximum absolute atomic E-state index is 12.0. The standard InChI is InChI=1S/C11H15N3O4S/c1-11(2,9(17)18-3)8(16)13-6(4-15)7-5-19-10(12)14-7/h4-6H,1-3H3,(H2,12,14)(H,13,16). The molecule has 0 aliphatic carbocycles. The molecule has 0 fully saturated rings. The first-order valence-corrected chi connectivity index (χ1v) is 6.26. The van der Waals surface area contributed by atoms with Gasteiger partial charge in [-0.1, -0.05) is 0 Å². The van der Waals surface area contributed by atoms with Gasteiger partial charge in [-0.2, -0.15) is 0 Å². The Morgan fingerprint density at radius 3 is 2.63 bits per heavy atom. The summed E-state index contributed by atoms with van der Waals surface area (Å²) >= 11 is 1.16. The van der Waals surface area contributed by atoms with Crippen molar-refractivity contribution < 1.29 is 19.1 Å². The van der Waals surface area contributed by atoms with Crippen molar-refractivity contribution in [2.75, 3.05) is 12.8 Å². The van der Waals surface area contributed by atoms with Gasteiger partial charge in [0.2, 0.25) is 5.91 Å². The van der Waals surface area contributed by atoms with E-state index < -0.39 is 23.3 Å². The molecule has 19 heavy (non-hydrogen) atoms. The van der Waals surface area contributed by atoms with Crippen LogP contribution in [0.4, 0.5) is 5.13 Å². The van der Waals surface area contributed by atoms with Gasteiger partial charge in [0.05, 0.1) is 12.8 Å². The van der Waals surface area contributed by atoms with E-state index in [4.69, 9.17) is 5.73 Å². The van der Waals surface area contributed by atoms with Gasteiger partial charge in [0.1, 0.15) is 17.7 Å². The molecule has 8 heteroatoms. The lowest BCUT2D eigenvalue weighted by Crippen LogP contribution is -2.44. The Morgan fingerprint density at radius 2 is 2.21 bits per heavy atom. The maximum atomic E-state index is 12.0. The number of thiazole rings is 1. The summed E-state index contributed by atoms with van der Waals surface area (Å²) in [6.07, 6.45) is 0.528. The number of amides is 1. The Labute approximate surface area is 114 Å². The van der Waals surface area contributed by atoms with Crippen LogP contribution < -0.4 is 11.1 Å².